The molecule has 0 spiro atoms. The van der Waals surface area contributed by atoms with E-state index in [2.05, 4.69) is 23.5 Å². The minimum absolute atomic E-state index is 0.00711. The van der Waals surface area contributed by atoms with E-state index in [0.29, 0.717) is 30.3 Å². The van der Waals surface area contributed by atoms with Gasteiger partial charge in [0, 0.05) is 24.4 Å². The number of hydrogen-bond acceptors (Lipinski definition) is 5. The van der Waals surface area contributed by atoms with Crippen molar-refractivity contribution < 1.29 is 19.2 Å². The third kappa shape index (κ3) is 4.86. The van der Waals surface area contributed by atoms with Gasteiger partial charge in [-0.05, 0) is 43.3 Å². The van der Waals surface area contributed by atoms with Crippen molar-refractivity contribution in [1.82, 2.24) is 4.98 Å². The second kappa shape index (κ2) is 9.36. The molecule has 0 radical (unpaired) electrons. The molecule has 1 aromatic heterocycles. The number of likely N-dealkylation sites (tertiary alicyclic amines) is 1. The van der Waals surface area contributed by atoms with Gasteiger partial charge in [-0.3, -0.25) is 4.79 Å². The van der Waals surface area contributed by atoms with Crippen LogP contribution in [0.25, 0.3) is 10.2 Å². The molecule has 3 aromatic rings. The quantitative estimate of drug-likeness (QED) is 0.597. The number of esters is 1. The molecule has 2 aromatic carbocycles. The van der Waals surface area contributed by atoms with Gasteiger partial charge in [-0.1, -0.05) is 12.1 Å². The summed E-state index contributed by atoms with van der Waals surface area (Å²) in [4.78, 5) is 30.2. The highest BCUT2D eigenvalue weighted by atomic mass is 32.1. The summed E-state index contributed by atoms with van der Waals surface area (Å²) < 4.78 is 6.22. The summed E-state index contributed by atoms with van der Waals surface area (Å²) in [6, 6.07) is 15.1. The van der Waals surface area contributed by atoms with E-state index in [0.717, 1.165) is 31.4 Å². The van der Waals surface area contributed by atoms with Crippen molar-refractivity contribution in [3.8, 4) is 0 Å². The number of ether oxygens (including phenoxy) is 1. The summed E-state index contributed by atoms with van der Waals surface area (Å²) in [6.45, 7) is 4.50. The van der Waals surface area contributed by atoms with E-state index < -0.39 is 0 Å². The molecule has 6 nitrogen and oxygen atoms in total. The Labute approximate surface area is 179 Å². The number of hydrogen-bond donors (Lipinski definition) is 2. The maximum absolute atomic E-state index is 12.4. The largest absolute Gasteiger partial charge is 0.462 e. The first-order chi connectivity index (χ1) is 14.6. The van der Waals surface area contributed by atoms with E-state index in [9.17, 15) is 9.59 Å². The van der Waals surface area contributed by atoms with Crippen LogP contribution in [0.1, 0.15) is 41.0 Å². The zero-order valence-corrected chi connectivity index (χ0v) is 17.8. The summed E-state index contributed by atoms with van der Waals surface area (Å²) in [5, 5.41) is 4.15. The lowest BCUT2D eigenvalue weighted by Gasteiger charge is -2.27. The molecule has 1 saturated heterocycles. The zero-order valence-electron chi connectivity index (χ0n) is 17.0. The van der Waals surface area contributed by atoms with Crippen LogP contribution in [0, 0.1) is 0 Å². The fourth-order valence-electron chi connectivity index (χ4n) is 3.85. The van der Waals surface area contributed by atoms with Crippen molar-refractivity contribution in [1.29, 1.82) is 0 Å². The van der Waals surface area contributed by atoms with Gasteiger partial charge in [0.25, 0.3) is 5.91 Å². The smallest absolute Gasteiger partial charge is 0.338 e. The first-order valence-electron chi connectivity index (χ1n) is 10.4. The van der Waals surface area contributed by atoms with Gasteiger partial charge < -0.3 is 15.0 Å². The SMILES string of the molecule is CCOC(=O)c1ccc(NC(=O)C[NH+]2CCC(c3nc4ccccc4s3)CC2)cc1. The Bertz CT molecular complexity index is 991. The van der Waals surface area contributed by atoms with Gasteiger partial charge in [-0.25, -0.2) is 9.78 Å². The lowest BCUT2D eigenvalue weighted by Crippen LogP contribution is -3.14. The van der Waals surface area contributed by atoms with Gasteiger partial charge in [-0.15, -0.1) is 11.3 Å². The van der Waals surface area contributed by atoms with Crippen molar-refractivity contribution in [2.24, 2.45) is 0 Å². The van der Waals surface area contributed by atoms with Crippen molar-refractivity contribution in [2.75, 3.05) is 31.6 Å². The van der Waals surface area contributed by atoms with Crippen LogP contribution in [0.3, 0.4) is 0 Å². The van der Waals surface area contributed by atoms with E-state index in [1.54, 1.807) is 42.5 Å². The summed E-state index contributed by atoms with van der Waals surface area (Å²) in [6.07, 6.45) is 2.10. The number of para-hydroxylation sites is 1. The molecule has 1 aliphatic rings. The number of benzene rings is 2. The number of rotatable bonds is 6. The number of anilines is 1. The van der Waals surface area contributed by atoms with Crippen LogP contribution in [0.15, 0.2) is 48.5 Å². The van der Waals surface area contributed by atoms with E-state index in [1.807, 2.05) is 6.07 Å². The predicted molar refractivity (Wildman–Crippen MR) is 118 cm³/mol. The van der Waals surface area contributed by atoms with Crippen molar-refractivity contribution in [3.63, 3.8) is 0 Å². The van der Waals surface area contributed by atoms with Gasteiger partial charge in [0.1, 0.15) is 0 Å². The molecule has 0 saturated carbocycles. The maximum Gasteiger partial charge on any atom is 0.338 e. The molecule has 30 heavy (non-hydrogen) atoms. The Kier molecular flexibility index (Phi) is 6.40. The van der Waals surface area contributed by atoms with Crippen LogP contribution < -0.4 is 10.2 Å². The molecular formula is C23H26N3O3S+. The molecule has 0 unspecified atom stereocenters. The van der Waals surface area contributed by atoms with Crippen LogP contribution in [0.4, 0.5) is 5.69 Å². The molecule has 2 heterocycles. The van der Waals surface area contributed by atoms with Crippen LogP contribution >= 0.6 is 11.3 Å². The first-order valence-corrected chi connectivity index (χ1v) is 11.2. The highest BCUT2D eigenvalue weighted by molar-refractivity contribution is 7.18. The molecular weight excluding hydrogens is 398 g/mol. The van der Waals surface area contributed by atoms with Gasteiger partial charge in [0.2, 0.25) is 0 Å². The lowest BCUT2D eigenvalue weighted by molar-refractivity contribution is -0.897. The molecule has 4 rings (SSSR count). The number of carbonyl (C=O) groups excluding carboxylic acids is 2. The third-order valence-corrected chi connectivity index (χ3v) is 6.64. The number of piperidine rings is 1. The van der Waals surface area contributed by atoms with E-state index in [-0.39, 0.29) is 11.9 Å². The monoisotopic (exact) mass is 424 g/mol. The zero-order chi connectivity index (χ0) is 20.9. The molecule has 1 amide bonds. The Morgan fingerprint density at radius 2 is 1.87 bits per heavy atom. The molecule has 0 bridgehead atoms. The lowest BCUT2D eigenvalue weighted by atomic mass is 9.97. The highest BCUT2D eigenvalue weighted by Crippen LogP contribution is 2.31. The fraction of sp³-hybridized carbons (Fsp3) is 0.348. The minimum Gasteiger partial charge on any atom is -0.462 e. The third-order valence-electron chi connectivity index (χ3n) is 5.44. The van der Waals surface area contributed by atoms with Gasteiger partial charge in [0.05, 0.1) is 40.5 Å². The van der Waals surface area contributed by atoms with Crippen molar-refractivity contribution >= 4 is 39.1 Å². The number of nitrogens with one attached hydrogen (secondary N) is 2. The second-order valence-electron chi connectivity index (χ2n) is 7.57. The first kappa shape index (κ1) is 20.5. The Morgan fingerprint density at radius 3 is 2.57 bits per heavy atom. The fourth-order valence-corrected chi connectivity index (χ4v) is 4.99. The molecule has 0 aliphatic carbocycles. The van der Waals surface area contributed by atoms with Gasteiger partial charge in [-0.2, -0.15) is 0 Å². The summed E-state index contributed by atoms with van der Waals surface area (Å²) in [7, 11) is 0. The van der Waals surface area contributed by atoms with Crippen LogP contribution in [-0.4, -0.2) is 43.1 Å². The summed E-state index contributed by atoms with van der Waals surface area (Å²) >= 11 is 1.79. The summed E-state index contributed by atoms with van der Waals surface area (Å²) in [5.74, 6) is 0.132. The van der Waals surface area contributed by atoms with Crippen LogP contribution in [0.5, 0.6) is 0 Å². The second-order valence-corrected chi connectivity index (χ2v) is 8.63. The Morgan fingerprint density at radius 1 is 1.13 bits per heavy atom. The minimum atomic E-state index is -0.351. The number of nitrogens with zero attached hydrogens (tertiary/aromatic N) is 1. The average molecular weight is 425 g/mol. The van der Waals surface area contributed by atoms with Crippen molar-refractivity contribution in [3.05, 3.63) is 59.1 Å². The van der Waals surface area contributed by atoms with E-state index >= 15 is 0 Å². The number of quaternary nitrogens is 1. The number of aromatic nitrogens is 1. The standard InChI is InChI=1S/C23H25N3O3S/c1-2-29-23(28)17-7-9-18(10-8-17)24-21(27)15-26-13-11-16(12-14-26)22-25-19-5-3-4-6-20(19)30-22/h3-10,16H,2,11-15H2,1H3,(H,24,27)/p+1. The highest BCUT2D eigenvalue weighted by Gasteiger charge is 2.27. The maximum atomic E-state index is 12.4. The van der Waals surface area contributed by atoms with Gasteiger partial charge in [0.15, 0.2) is 6.54 Å². The number of thiazole rings is 1. The molecule has 0 atom stereocenters. The normalized spacial score (nSPS) is 18.8. The van der Waals surface area contributed by atoms with E-state index in [4.69, 9.17) is 9.72 Å². The van der Waals surface area contributed by atoms with E-state index in [1.165, 1.54) is 14.6 Å². The van der Waals surface area contributed by atoms with Crippen LogP contribution in [0.2, 0.25) is 0 Å². The molecule has 156 valence electrons. The molecule has 1 fully saturated rings. The van der Waals surface area contributed by atoms with Crippen LogP contribution in [-0.2, 0) is 9.53 Å². The Balaban J connectivity index is 1.26. The Hall–Kier alpha value is -2.77. The molecule has 7 heteroatoms. The molecule has 1 aliphatic heterocycles. The number of fused-ring (bicyclic) bond motifs is 1. The van der Waals surface area contributed by atoms with Gasteiger partial charge >= 0.3 is 5.97 Å². The molecule has 2 N–H and O–H groups in total. The average Bonchev–Trinajstić information content (AvgIpc) is 3.19. The number of carbonyl (C=O) groups is 2. The topological polar surface area (TPSA) is 72.7 Å². The summed E-state index contributed by atoms with van der Waals surface area (Å²) in [5.41, 5.74) is 2.26. The predicted octanol–water partition coefficient (Wildman–Crippen LogP) is 2.87. The van der Waals surface area contributed by atoms with Crippen molar-refractivity contribution in [2.45, 2.75) is 25.7 Å². The number of amides is 1.